The van der Waals surface area contributed by atoms with Crippen molar-refractivity contribution in [1.29, 1.82) is 0 Å². The van der Waals surface area contributed by atoms with Crippen LogP contribution in [-0.4, -0.2) is 32.3 Å². The Kier molecular flexibility index (Phi) is 6.74. The molecule has 0 unspecified atom stereocenters. The lowest BCUT2D eigenvalue weighted by Gasteiger charge is -2.20. The Morgan fingerprint density at radius 3 is 2.60 bits per heavy atom. The average molecular weight is 503 g/mol. The molecule has 1 aliphatic rings. The maximum Gasteiger partial charge on any atom is 0.346 e. The Balaban J connectivity index is 1.63. The summed E-state index contributed by atoms with van der Waals surface area (Å²) < 4.78 is 39.8. The number of carbonyl (C=O) groups excluding carboxylic acids is 1. The number of fused-ring (bicyclic) bond motifs is 1. The standard InChI is InChI=1S/C23H19F2N3O6S/c1-12-17-11-35-18(22(31)34-10-13-3-4-26-19(7-13)33-2)9-27(17)23(32)28(21(12)30)8-14-5-15(24)20(29)16(25)6-14/h3-7,9,29H,8,10-11H2,1-2H3. The summed E-state index contributed by atoms with van der Waals surface area (Å²) >= 11 is 1.12. The molecular weight excluding hydrogens is 484 g/mol. The number of benzene rings is 1. The third-order valence-electron chi connectivity index (χ3n) is 5.33. The number of rotatable bonds is 6. The topological polar surface area (TPSA) is 113 Å². The number of hydrogen-bond acceptors (Lipinski definition) is 8. The maximum atomic E-state index is 13.7. The van der Waals surface area contributed by atoms with Crippen molar-refractivity contribution < 1.29 is 28.2 Å². The minimum absolute atomic E-state index is 0.0291. The summed E-state index contributed by atoms with van der Waals surface area (Å²) in [6.45, 7) is 1.04. The molecule has 0 aliphatic carbocycles. The van der Waals surface area contributed by atoms with E-state index in [0.29, 0.717) is 17.1 Å². The first-order chi connectivity index (χ1) is 16.7. The van der Waals surface area contributed by atoms with E-state index in [1.165, 1.54) is 26.4 Å². The molecule has 182 valence electrons. The summed E-state index contributed by atoms with van der Waals surface area (Å²) in [6.07, 6.45) is 2.79. The van der Waals surface area contributed by atoms with Crippen LogP contribution in [0.5, 0.6) is 11.6 Å². The van der Waals surface area contributed by atoms with Crippen LogP contribution in [0.15, 0.2) is 45.0 Å². The van der Waals surface area contributed by atoms with Gasteiger partial charge >= 0.3 is 11.7 Å². The highest BCUT2D eigenvalue weighted by Crippen LogP contribution is 2.29. The lowest BCUT2D eigenvalue weighted by atomic mass is 10.2. The second-order valence-electron chi connectivity index (χ2n) is 7.59. The number of methoxy groups -OCH3 is 1. The van der Waals surface area contributed by atoms with E-state index >= 15 is 0 Å². The molecule has 2 aromatic heterocycles. The molecule has 35 heavy (non-hydrogen) atoms. The molecule has 0 saturated carbocycles. The zero-order valence-corrected chi connectivity index (χ0v) is 19.4. The van der Waals surface area contributed by atoms with Gasteiger partial charge in [-0.15, -0.1) is 11.8 Å². The summed E-state index contributed by atoms with van der Waals surface area (Å²) in [5.74, 6) is -3.70. The average Bonchev–Trinajstić information content (AvgIpc) is 2.86. The van der Waals surface area contributed by atoms with Crippen molar-refractivity contribution >= 4 is 23.9 Å². The number of ether oxygens (including phenoxy) is 2. The predicted octanol–water partition coefficient (Wildman–Crippen LogP) is 2.54. The summed E-state index contributed by atoms with van der Waals surface area (Å²) in [5, 5.41) is 9.28. The second kappa shape index (κ2) is 9.74. The van der Waals surface area contributed by atoms with Crippen LogP contribution in [0.25, 0.3) is 6.20 Å². The van der Waals surface area contributed by atoms with Gasteiger partial charge in [0.2, 0.25) is 5.88 Å². The summed E-state index contributed by atoms with van der Waals surface area (Å²) in [5.41, 5.74) is -0.124. The van der Waals surface area contributed by atoms with Gasteiger partial charge in [-0.05, 0) is 36.2 Å². The van der Waals surface area contributed by atoms with Gasteiger partial charge < -0.3 is 14.6 Å². The van der Waals surface area contributed by atoms with E-state index in [9.17, 15) is 28.3 Å². The molecule has 1 aliphatic heterocycles. The van der Waals surface area contributed by atoms with Gasteiger partial charge in [-0.2, -0.15) is 0 Å². The number of carbonyl (C=O) groups is 1. The van der Waals surface area contributed by atoms with Gasteiger partial charge in [0, 0.05) is 35.5 Å². The van der Waals surface area contributed by atoms with Gasteiger partial charge in [0.1, 0.15) is 11.5 Å². The van der Waals surface area contributed by atoms with Gasteiger partial charge in [-0.3, -0.25) is 13.9 Å². The molecule has 0 saturated heterocycles. The molecule has 1 N–H and O–H groups in total. The van der Waals surface area contributed by atoms with Crippen LogP contribution >= 0.6 is 11.8 Å². The smallest absolute Gasteiger partial charge is 0.346 e. The molecule has 9 nitrogen and oxygen atoms in total. The summed E-state index contributed by atoms with van der Waals surface area (Å²) in [7, 11) is 1.47. The maximum absolute atomic E-state index is 13.7. The Morgan fingerprint density at radius 2 is 1.91 bits per heavy atom. The molecule has 0 bridgehead atoms. The van der Waals surface area contributed by atoms with Crippen molar-refractivity contribution in [2.45, 2.75) is 25.8 Å². The summed E-state index contributed by atoms with van der Waals surface area (Å²) in [6, 6.07) is 4.96. The third kappa shape index (κ3) is 4.83. The SMILES string of the molecule is COc1cc(COC(=O)C2=Cn3c(c(C)c(=O)n(Cc4cc(F)c(O)c(F)c4)c3=O)CS2)ccn1. The molecule has 0 amide bonds. The molecule has 1 aromatic carbocycles. The van der Waals surface area contributed by atoms with E-state index in [1.54, 1.807) is 12.1 Å². The van der Waals surface area contributed by atoms with Crippen LogP contribution in [-0.2, 0) is 28.4 Å². The lowest BCUT2D eigenvalue weighted by molar-refractivity contribution is -0.139. The number of hydrogen-bond donors (Lipinski definition) is 1. The fourth-order valence-electron chi connectivity index (χ4n) is 3.47. The summed E-state index contributed by atoms with van der Waals surface area (Å²) in [4.78, 5) is 42.7. The van der Waals surface area contributed by atoms with Gasteiger partial charge in [0.15, 0.2) is 17.4 Å². The molecular formula is C23H19F2N3O6S. The number of esters is 1. The van der Waals surface area contributed by atoms with Gasteiger partial charge in [0.25, 0.3) is 5.56 Å². The highest BCUT2D eigenvalue weighted by Gasteiger charge is 2.24. The molecule has 0 radical (unpaired) electrons. The molecule has 4 rings (SSSR count). The number of halogens is 2. The van der Waals surface area contributed by atoms with E-state index in [2.05, 4.69) is 4.98 Å². The van der Waals surface area contributed by atoms with Crippen molar-refractivity contribution in [3.05, 3.63) is 90.2 Å². The Morgan fingerprint density at radius 1 is 1.20 bits per heavy atom. The van der Waals surface area contributed by atoms with Crippen LogP contribution in [0, 0.1) is 18.6 Å². The predicted molar refractivity (Wildman–Crippen MR) is 123 cm³/mol. The molecule has 0 spiro atoms. The van der Waals surface area contributed by atoms with Crippen LogP contribution in [0.1, 0.15) is 22.4 Å². The van der Waals surface area contributed by atoms with E-state index in [1.807, 2.05) is 0 Å². The van der Waals surface area contributed by atoms with Crippen LogP contribution in [0.2, 0.25) is 0 Å². The molecule has 3 aromatic rings. The van der Waals surface area contributed by atoms with Crippen LogP contribution in [0.4, 0.5) is 8.78 Å². The Bertz CT molecular complexity index is 1460. The number of nitrogens with zero attached hydrogens (tertiary/aromatic N) is 3. The van der Waals surface area contributed by atoms with Crippen LogP contribution < -0.4 is 16.0 Å². The largest absolute Gasteiger partial charge is 0.503 e. The second-order valence-corrected chi connectivity index (χ2v) is 8.61. The van der Waals surface area contributed by atoms with Crippen LogP contribution in [0.3, 0.4) is 0 Å². The Hall–Kier alpha value is -3.93. The first kappa shape index (κ1) is 24.2. The Labute approximate surface area is 201 Å². The number of pyridine rings is 1. The van der Waals surface area contributed by atoms with E-state index in [-0.39, 0.29) is 28.4 Å². The molecule has 0 fully saturated rings. The number of phenols is 1. The van der Waals surface area contributed by atoms with E-state index < -0.39 is 41.1 Å². The van der Waals surface area contributed by atoms with Crippen molar-refractivity contribution in [2.75, 3.05) is 7.11 Å². The zero-order valence-electron chi connectivity index (χ0n) is 18.6. The van der Waals surface area contributed by atoms with Crippen molar-refractivity contribution in [3.63, 3.8) is 0 Å². The number of aromatic nitrogens is 3. The minimum atomic E-state index is -1.21. The lowest BCUT2D eigenvalue weighted by Crippen LogP contribution is -2.42. The normalized spacial score (nSPS) is 12.6. The van der Waals surface area contributed by atoms with Crippen molar-refractivity contribution in [2.24, 2.45) is 0 Å². The van der Waals surface area contributed by atoms with Crippen molar-refractivity contribution in [1.82, 2.24) is 14.1 Å². The fraction of sp³-hybridized carbons (Fsp3) is 0.217. The zero-order chi connectivity index (χ0) is 25.3. The van der Waals surface area contributed by atoms with Crippen molar-refractivity contribution in [3.8, 4) is 11.6 Å². The van der Waals surface area contributed by atoms with Gasteiger partial charge in [-0.1, -0.05) is 0 Å². The number of phenolic OH excluding ortho intramolecular Hbond substituents is 1. The van der Waals surface area contributed by atoms with E-state index in [0.717, 1.165) is 33.0 Å². The van der Waals surface area contributed by atoms with E-state index in [4.69, 9.17) is 9.47 Å². The highest BCUT2D eigenvalue weighted by atomic mass is 32.2. The highest BCUT2D eigenvalue weighted by molar-refractivity contribution is 8.03. The first-order valence-corrected chi connectivity index (χ1v) is 11.2. The quantitative estimate of drug-likeness (QED) is 0.511. The monoisotopic (exact) mass is 503 g/mol. The third-order valence-corrected chi connectivity index (χ3v) is 6.34. The molecule has 3 heterocycles. The fourth-order valence-corrected chi connectivity index (χ4v) is 4.47. The first-order valence-electron chi connectivity index (χ1n) is 10.2. The van der Waals surface area contributed by atoms with Gasteiger partial charge in [-0.25, -0.2) is 23.4 Å². The minimum Gasteiger partial charge on any atom is -0.503 e. The molecule has 12 heteroatoms. The molecule has 0 atom stereocenters. The number of thioether (sulfide) groups is 1. The number of aromatic hydroxyl groups is 1. The van der Waals surface area contributed by atoms with Gasteiger partial charge in [0.05, 0.1) is 13.7 Å².